The second-order valence-electron chi connectivity index (χ2n) is 4.78. The van der Waals surface area contributed by atoms with Gasteiger partial charge < -0.3 is 10.6 Å². The molecule has 0 aliphatic carbocycles. The van der Waals surface area contributed by atoms with Gasteiger partial charge in [-0.1, -0.05) is 42.2 Å². The lowest BCUT2D eigenvalue weighted by molar-refractivity contribution is 0.0790. The van der Waals surface area contributed by atoms with Crippen LogP contribution in [0.25, 0.3) is 0 Å². The first kappa shape index (κ1) is 15.3. The first-order valence-electron chi connectivity index (χ1n) is 6.70. The molecule has 0 saturated heterocycles. The molecule has 2 N–H and O–H groups in total. The number of aryl methyl sites for hydroxylation is 1. The Morgan fingerprint density at radius 1 is 1.33 bits per heavy atom. The summed E-state index contributed by atoms with van der Waals surface area (Å²) >= 11 is 1.43. The van der Waals surface area contributed by atoms with Gasteiger partial charge in [0.15, 0.2) is 0 Å². The van der Waals surface area contributed by atoms with E-state index >= 15 is 0 Å². The molecule has 4 heteroatoms. The van der Waals surface area contributed by atoms with Crippen LogP contribution in [0.1, 0.15) is 25.7 Å². The van der Waals surface area contributed by atoms with Gasteiger partial charge >= 0.3 is 0 Å². The molecule has 1 amide bonds. The molecule has 2 aromatic rings. The molecule has 0 atom stereocenters. The van der Waals surface area contributed by atoms with Crippen molar-refractivity contribution in [3.05, 3.63) is 57.3 Å². The average Bonchev–Trinajstić information content (AvgIpc) is 2.86. The Morgan fingerprint density at radius 2 is 2.05 bits per heavy atom. The van der Waals surface area contributed by atoms with Crippen molar-refractivity contribution in [2.24, 2.45) is 5.73 Å². The van der Waals surface area contributed by atoms with Gasteiger partial charge in [-0.05, 0) is 24.1 Å². The fourth-order valence-electron chi connectivity index (χ4n) is 1.96. The third-order valence-electron chi connectivity index (χ3n) is 3.04. The highest BCUT2D eigenvalue weighted by Gasteiger charge is 2.16. The molecule has 0 radical (unpaired) electrons. The van der Waals surface area contributed by atoms with Gasteiger partial charge in [0.2, 0.25) is 0 Å². The maximum atomic E-state index is 12.5. The normalized spacial score (nSPS) is 9.86. The number of carbonyl (C=O) groups is 1. The molecule has 21 heavy (non-hydrogen) atoms. The van der Waals surface area contributed by atoms with Crippen molar-refractivity contribution < 1.29 is 4.79 Å². The number of nitrogens with zero attached hydrogens (tertiary/aromatic N) is 1. The maximum absolute atomic E-state index is 12.5. The van der Waals surface area contributed by atoms with Crippen LogP contribution in [-0.4, -0.2) is 24.4 Å². The van der Waals surface area contributed by atoms with Crippen LogP contribution in [-0.2, 0) is 6.54 Å². The van der Waals surface area contributed by atoms with Crippen LogP contribution in [0.5, 0.6) is 0 Å². The van der Waals surface area contributed by atoms with E-state index in [9.17, 15) is 4.79 Å². The van der Waals surface area contributed by atoms with E-state index in [2.05, 4.69) is 11.8 Å². The van der Waals surface area contributed by atoms with Crippen LogP contribution in [0.3, 0.4) is 0 Å². The van der Waals surface area contributed by atoms with Gasteiger partial charge in [0.05, 0.1) is 16.3 Å². The predicted molar refractivity (Wildman–Crippen MR) is 87.2 cm³/mol. The van der Waals surface area contributed by atoms with Gasteiger partial charge in [-0.25, -0.2) is 0 Å². The number of thiophene rings is 1. The van der Waals surface area contributed by atoms with Crippen molar-refractivity contribution >= 4 is 17.2 Å². The molecule has 2 rings (SSSR count). The number of amides is 1. The van der Waals surface area contributed by atoms with Crippen LogP contribution in [0.2, 0.25) is 0 Å². The predicted octanol–water partition coefficient (Wildman–Crippen LogP) is 2.64. The number of benzene rings is 1. The zero-order valence-corrected chi connectivity index (χ0v) is 13.0. The van der Waals surface area contributed by atoms with Crippen molar-refractivity contribution in [2.45, 2.75) is 13.5 Å². The minimum Gasteiger partial charge on any atom is -0.337 e. The molecule has 0 bridgehead atoms. The molecule has 0 unspecified atom stereocenters. The molecule has 0 saturated carbocycles. The fraction of sp³-hybridized carbons (Fsp3) is 0.235. The molecule has 0 aliphatic rings. The zero-order valence-electron chi connectivity index (χ0n) is 12.2. The lowest BCUT2D eigenvalue weighted by Gasteiger charge is -2.16. The molecule has 108 valence electrons. The van der Waals surface area contributed by atoms with Crippen molar-refractivity contribution in [1.82, 2.24) is 4.90 Å². The van der Waals surface area contributed by atoms with E-state index in [4.69, 9.17) is 5.73 Å². The largest absolute Gasteiger partial charge is 0.337 e. The summed E-state index contributed by atoms with van der Waals surface area (Å²) in [5, 5.41) is 0. The Morgan fingerprint density at radius 3 is 2.71 bits per heavy atom. The Kier molecular flexibility index (Phi) is 5.15. The Hall–Kier alpha value is -2.09. The topological polar surface area (TPSA) is 46.3 Å². The minimum absolute atomic E-state index is 0.0211. The Bertz CT molecular complexity index is 680. The van der Waals surface area contributed by atoms with E-state index in [0.29, 0.717) is 18.0 Å². The van der Waals surface area contributed by atoms with E-state index in [1.165, 1.54) is 11.3 Å². The first-order valence-corrected chi connectivity index (χ1v) is 7.52. The van der Waals surface area contributed by atoms with E-state index in [1.54, 1.807) is 4.90 Å². The number of carbonyl (C=O) groups excluding carboxylic acids is 1. The third-order valence-corrected chi connectivity index (χ3v) is 4.18. The van der Waals surface area contributed by atoms with E-state index in [1.807, 2.05) is 50.4 Å². The van der Waals surface area contributed by atoms with Crippen molar-refractivity contribution in [2.75, 3.05) is 13.6 Å². The van der Waals surface area contributed by atoms with Crippen LogP contribution >= 0.6 is 11.3 Å². The standard InChI is InChI=1S/C17H18N2OS/c1-13-11-16(21-15(13)9-6-10-18)17(20)19(2)12-14-7-4-3-5-8-14/h3-5,7-8,11H,10,12,18H2,1-2H3. The highest BCUT2D eigenvalue weighted by atomic mass is 32.1. The molecule has 1 heterocycles. The fourth-order valence-corrected chi connectivity index (χ4v) is 3.00. The Labute approximate surface area is 129 Å². The summed E-state index contributed by atoms with van der Waals surface area (Å²) in [7, 11) is 1.82. The second-order valence-corrected chi connectivity index (χ2v) is 5.83. The molecule has 0 aliphatic heterocycles. The summed E-state index contributed by atoms with van der Waals surface area (Å²) in [6.07, 6.45) is 0. The SMILES string of the molecule is Cc1cc(C(=O)N(C)Cc2ccccc2)sc1C#CCN. The van der Waals surface area contributed by atoms with E-state index < -0.39 is 0 Å². The molecular formula is C17H18N2OS. The van der Waals surface area contributed by atoms with E-state index in [-0.39, 0.29) is 5.91 Å². The van der Waals surface area contributed by atoms with Gasteiger partial charge in [-0.2, -0.15) is 0 Å². The summed E-state index contributed by atoms with van der Waals surface area (Å²) in [4.78, 5) is 15.8. The first-order chi connectivity index (χ1) is 10.1. The van der Waals surface area contributed by atoms with Gasteiger partial charge in [-0.3, -0.25) is 4.79 Å². The maximum Gasteiger partial charge on any atom is 0.264 e. The summed E-state index contributed by atoms with van der Waals surface area (Å²) in [6, 6.07) is 11.8. The van der Waals surface area contributed by atoms with Crippen LogP contribution in [0.4, 0.5) is 0 Å². The molecule has 0 fully saturated rings. The van der Waals surface area contributed by atoms with Crippen LogP contribution in [0.15, 0.2) is 36.4 Å². The van der Waals surface area contributed by atoms with Crippen molar-refractivity contribution in [3.63, 3.8) is 0 Å². The molecule has 1 aromatic carbocycles. The van der Waals surface area contributed by atoms with Gasteiger partial charge in [-0.15, -0.1) is 11.3 Å². The van der Waals surface area contributed by atoms with Crippen molar-refractivity contribution in [1.29, 1.82) is 0 Å². The summed E-state index contributed by atoms with van der Waals surface area (Å²) in [5.41, 5.74) is 7.52. The molecule has 1 aromatic heterocycles. The number of hydrogen-bond acceptors (Lipinski definition) is 3. The quantitative estimate of drug-likeness (QED) is 0.886. The van der Waals surface area contributed by atoms with Crippen LogP contribution in [0, 0.1) is 18.8 Å². The summed E-state index contributed by atoms with van der Waals surface area (Å²) < 4.78 is 0. The highest BCUT2D eigenvalue weighted by molar-refractivity contribution is 7.14. The monoisotopic (exact) mass is 298 g/mol. The second kappa shape index (κ2) is 7.07. The lowest BCUT2D eigenvalue weighted by Crippen LogP contribution is -2.25. The smallest absolute Gasteiger partial charge is 0.264 e. The van der Waals surface area contributed by atoms with E-state index in [0.717, 1.165) is 16.0 Å². The number of hydrogen-bond donors (Lipinski definition) is 1. The van der Waals surface area contributed by atoms with Gasteiger partial charge in [0.25, 0.3) is 5.91 Å². The zero-order chi connectivity index (χ0) is 15.2. The molecular weight excluding hydrogens is 280 g/mol. The lowest BCUT2D eigenvalue weighted by atomic mass is 10.2. The number of rotatable bonds is 3. The van der Waals surface area contributed by atoms with Crippen LogP contribution < -0.4 is 5.73 Å². The molecule has 3 nitrogen and oxygen atoms in total. The summed E-state index contributed by atoms with van der Waals surface area (Å²) in [5.74, 6) is 5.86. The molecule has 0 spiro atoms. The number of nitrogens with two attached hydrogens (primary N) is 1. The van der Waals surface area contributed by atoms with Crippen molar-refractivity contribution in [3.8, 4) is 11.8 Å². The Balaban J connectivity index is 2.12. The average molecular weight is 298 g/mol. The minimum atomic E-state index is 0.0211. The van der Waals surface area contributed by atoms with Gasteiger partial charge in [0, 0.05) is 13.6 Å². The third kappa shape index (κ3) is 3.94. The van der Waals surface area contributed by atoms with Gasteiger partial charge in [0.1, 0.15) is 0 Å². The summed E-state index contributed by atoms with van der Waals surface area (Å²) in [6.45, 7) is 2.89. The highest BCUT2D eigenvalue weighted by Crippen LogP contribution is 2.22.